The van der Waals surface area contributed by atoms with Gasteiger partial charge in [0.25, 0.3) is 11.1 Å². The summed E-state index contributed by atoms with van der Waals surface area (Å²) in [4.78, 5) is 38.5. The first-order valence-corrected chi connectivity index (χ1v) is 10.0. The number of likely N-dealkylation sites (tertiary alicyclic amines) is 1. The highest BCUT2D eigenvalue weighted by atomic mass is 16.1. The van der Waals surface area contributed by atoms with Crippen molar-refractivity contribution >= 4 is 0 Å². The van der Waals surface area contributed by atoms with Gasteiger partial charge in [-0.2, -0.15) is 0 Å². The van der Waals surface area contributed by atoms with Crippen LogP contribution in [-0.2, 0) is 13.1 Å². The lowest BCUT2D eigenvalue weighted by Crippen LogP contribution is -2.46. The lowest BCUT2D eigenvalue weighted by atomic mass is 9.82. The highest BCUT2D eigenvalue weighted by molar-refractivity contribution is 5.59. The molecule has 3 aromatic heterocycles. The molecule has 0 radical (unpaired) electrons. The second-order valence-electron chi connectivity index (χ2n) is 8.15. The van der Waals surface area contributed by atoms with Gasteiger partial charge in [-0.15, -0.1) is 0 Å². The third-order valence-electron chi connectivity index (χ3n) is 5.89. The van der Waals surface area contributed by atoms with Crippen molar-refractivity contribution in [2.45, 2.75) is 32.4 Å². The molecule has 0 aromatic carbocycles. The topological polar surface area (TPSA) is 83.9 Å². The summed E-state index contributed by atoms with van der Waals surface area (Å²) in [6.07, 6.45) is 2.84. The predicted molar refractivity (Wildman–Crippen MR) is 110 cm³/mol. The molecule has 0 amide bonds. The van der Waals surface area contributed by atoms with Gasteiger partial charge in [-0.25, -0.2) is 4.98 Å². The summed E-state index contributed by atoms with van der Waals surface area (Å²) >= 11 is 0. The van der Waals surface area contributed by atoms with Gasteiger partial charge in [-0.1, -0.05) is 6.07 Å². The van der Waals surface area contributed by atoms with Gasteiger partial charge in [0, 0.05) is 61.7 Å². The van der Waals surface area contributed by atoms with Crippen LogP contribution in [0.5, 0.6) is 0 Å². The number of aromatic nitrogens is 4. The van der Waals surface area contributed by atoms with E-state index in [0.29, 0.717) is 24.2 Å². The predicted octanol–water partition coefficient (Wildman–Crippen LogP) is 1.92. The van der Waals surface area contributed by atoms with E-state index in [9.17, 15) is 9.59 Å². The molecule has 0 aliphatic carbocycles. The second kappa shape index (κ2) is 7.08. The number of rotatable bonds is 3. The summed E-state index contributed by atoms with van der Waals surface area (Å²) in [5.41, 5.74) is 3.54. The number of piperidine rings is 1. The molecule has 148 valence electrons. The molecule has 2 aliphatic rings. The number of pyridine rings is 2. The van der Waals surface area contributed by atoms with E-state index in [1.165, 1.54) is 0 Å². The van der Waals surface area contributed by atoms with E-state index in [1.54, 1.807) is 25.3 Å². The molecule has 2 bridgehead atoms. The van der Waals surface area contributed by atoms with Crippen LogP contribution in [0.1, 0.15) is 29.6 Å². The fourth-order valence-corrected chi connectivity index (χ4v) is 4.82. The maximum absolute atomic E-state index is 12.8. The van der Waals surface area contributed by atoms with Crippen molar-refractivity contribution in [3.63, 3.8) is 0 Å². The first-order valence-electron chi connectivity index (χ1n) is 10.0. The van der Waals surface area contributed by atoms with Crippen molar-refractivity contribution < 1.29 is 0 Å². The monoisotopic (exact) mass is 389 g/mol. The van der Waals surface area contributed by atoms with E-state index in [1.807, 2.05) is 22.8 Å². The minimum Gasteiger partial charge on any atom is -0.312 e. The molecule has 1 fully saturated rings. The minimum absolute atomic E-state index is 0.0539. The molecular formula is C22H23N5O2. The standard InChI is InChI=1S/C22H23N5O2/c1-14-24-18(9-21(28)25-14)13-26-10-15-6-17(12-26)20-7-16(8-22(29)27(20)11-15)19-4-2-3-5-23-19/h2-5,7-9,15,17H,6,10-13H2,1H3,(H,24,25,28)/t15-,17+/m0/s1. The zero-order chi connectivity index (χ0) is 20.0. The summed E-state index contributed by atoms with van der Waals surface area (Å²) in [5, 5.41) is 0. The van der Waals surface area contributed by atoms with Crippen LogP contribution in [0.25, 0.3) is 11.3 Å². The van der Waals surface area contributed by atoms with Gasteiger partial charge in [0.1, 0.15) is 5.82 Å². The Hall–Kier alpha value is -3.06. The van der Waals surface area contributed by atoms with Crippen LogP contribution in [0.15, 0.2) is 52.2 Å². The van der Waals surface area contributed by atoms with Gasteiger partial charge in [-0.3, -0.25) is 19.5 Å². The number of hydrogen-bond acceptors (Lipinski definition) is 5. The third-order valence-corrected chi connectivity index (χ3v) is 5.89. The first kappa shape index (κ1) is 18.0. The summed E-state index contributed by atoms with van der Waals surface area (Å²) in [5.74, 6) is 1.37. The largest absolute Gasteiger partial charge is 0.312 e. The van der Waals surface area contributed by atoms with Crippen LogP contribution >= 0.6 is 0 Å². The zero-order valence-corrected chi connectivity index (χ0v) is 16.3. The fraction of sp³-hybridized carbons (Fsp3) is 0.364. The van der Waals surface area contributed by atoms with Gasteiger partial charge in [0.15, 0.2) is 0 Å². The second-order valence-corrected chi connectivity index (χ2v) is 8.15. The number of H-pyrrole nitrogens is 1. The molecule has 7 nitrogen and oxygen atoms in total. The van der Waals surface area contributed by atoms with Crippen molar-refractivity contribution in [3.8, 4) is 11.3 Å². The molecule has 2 aliphatic heterocycles. The highest BCUT2D eigenvalue weighted by Gasteiger charge is 2.35. The molecule has 7 heteroatoms. The Morgan fingerprint density at radius 1 is 1.14 bits per heavy atom. The first-order chi connectivity index (χ1) is 14.0. The summed E-state index contributed by atoms with van der Waals surface area (Å²) in [6, 6.07) is 11.2. The van der Waals surface area contributed by atoms with E-state index >= 15 is 0 Å². The lowest BCUT2D eigenvalue weighted by molar-refractivity contribution is 0.113. The normalized spacial score (nSPS) is 21.0. The Balaban J connectivity index is 1.45. The van der Waals surface area contributed by atoms with E-state index in [2.05, 4.69) is 25.9 Å². The molecule has 0 unspecified atom stereocenters. The maximum Gasteiger partial charge on any atom is 0.251 e. The van der Waals surface area contributed by atoms with Gasteiger partial charge in [0.05, 0.1) is 11.4 Å². The Morgan fingerprint density at radius 3 is 2.83 bits per heavy atom. The fourth-order valence-electron chi connectivity index (χ4n) is 4.82. The van der Waals surface area contributed by atoms with Crippen LogP contribution in [0, 0.1) is 12.8 Å². The van der Waals surface area contributed by atoms with Crippen LogP contribution in [0.2, 0.25) is 0 Å². The number of aromatic amines is 1. The van der Waals surface area contributed by atoms with E-state index in [4.69, 9.17) is 0 Å². The maximum atomic E-state index is 12.8. The Kier molecular flexibility index (Phi) is 4.39. The van der Waals surface area contributed by atoms with Crippen molar-refractivity contribution in [2.24, 2.45) is 5.92 Å². The smallest absolute Gasteiger partial charge is 0.251 e. The molecule has 3 aromatic rings. The highest BCUT2D eigenvalue weighted by Crippen LogP contribution is 2.36. The molecule has 5 heterocycles. The van der Waals surface area contributed by atoms with E-state index in [-0.39, 0.29) is 11.1 Å². The molecule has 0 spiro atoms. The molecule has 29 heavy (non-hydrogen) atoms. The van der Waals surface area contributed by atoms with Crippen LogP contribution in [0.3, 0.4) is 0 Å². The zero-order valence-electron chi connectivity index (χ0n) is 16.3. The third kappa shape index (κ3) is 3.53. The summed E-state index contributed by atoms with van der Waals surface area (Å²) in [6.45, 7) is 4.97. The van der Waals surface area contributed by atoms with Gasteiger partial charge in [-0.05, 0) is 37.5 Å². The van der Waals surface area contributed by atoms with Crippen molar-refractivity contribution in [3.05, 3.63) is 80.5 Å². The average molecular weight is 389 g/mol. The number of nitrogens with zero attached hydrogens (tertiary/aromatic N) is 4. The Labute approximate surface area is 168 Å². The van der Waals surface area contributed by atoms with Gasteiger partial charge < -0.3 is 9.55 Å². The summed E-state index contributed by atoms with van der Waals surface area (Å²) < 4.78 is 1.94. The SMILES string of the molecule is Cc1nc(CN2C[C@@H]3C[C@H](C2)c2cc(-c4ccccn4)cc(=O)n2C3)cc(=O)[nH]1. The number of nitrogens with one attached hydrogen (secondary N) is 1. The van der Waals surface area contributed by atoms with Gasteiger partial charge >= 0.3 is 0 Å². The molecule has 2 atom stereocenters. The van der Waals surface area contributed by atoms with Gasteiger partial charge in [0.2, 0.25) is 0 Å². The molecule has 1 saturated heterocycles. The summed E-state index contributed by atoms with van der Waals surface area (Å²) in [7, 11) is 0. The average Bonchev–Trinajstić information content (AvgIpc) is 2.68. The Morgan fingerprint density at radius 2 is 2.03 bits per heavy atom. The Bertz CT molecular complexity index is 1170. The number of hydrogen-bond donors (Lipinski definition) is 1. The van der Waals surface area contributed by atoms with E-state index < -0.39 is 0 Å². The van der Waals surface area contributed by atoms with Crippen molar-refractivity contribution in [1.82, 2.24) is 24.4 Å². The molecular weight excluding hydrogens is 366 g/mol. The van der Waals surface area contributed by atoms with Crippen molar-refractivity contribution in [1.29, 1.82) is 0 Å². The van der Waals surface area contributed by atoms with Crippen LogP contribution in [-0.4, -0.2) is 37.5 Å². The molecule has 0 saturated carbocycles. The quantitative estimate of drug-likeness (QED) is 0.740. The molecule has 1 N–H and O–H groups in total. The minimum atomic E-state index is -0.110. The van der Waals surface area contributed by atoms with Crippen LogP contribution < -0.4 is 11.1 Å². The molecule has 5 rings (SSSR count). The number of aryl methyl sites for hydroxylation is 1. The van der Waals surface area contributed by atoms with Crippen LogP contribution in [0.4, 0.5) is 0 Å². The van der Waals surface area contributed by atoms with E-state index in [0.717, 1.165) is 48.7 Å². The number of fused-ring (bicyclic) bond motifs is 4. The van der Waals surface area contributed by atoms with Crippen molar-refractivity contribution in [2.75, 3.05) is 13.1 Å². The lowest BCUT2D eigenvalue weighted by Gasteiger charge is -2.42.